The fourth-order valence-corrected chi connectivity index (χ4v) is 5.08. The molecular formula is C29H30N2O5. The summed E-state index contributed by atoms with van der Waals surface area (Å²) in [5.74, 6) is 1.82. The first-order valence-corrected chi connectivity index (χ1v) is 12.1. The van der Waals surface area contributed by atoms with Crippen LogP contribution in [0.2, 0.25) is 0 Å². The Kier molecular flexibility index (Phi) is 6.46. The van der Waals surface area contributed by atoms with Crippen molar-refractivity contribution in [2.45, 2.75) is 31.7 Å². The number of hydrogen-bond donors (Lipinski definition) is 3. The molecule has 0 saturated heterocycles. The Morgan fingerprint density at radius 2 is 1.61 bits per heavy atom. The van der Waals surface area contributed by atoms with Crippen molar-refractivity contribution in [2.75, 3.05) is 31.5 Å². The van der Waals surface area contributed by atoms with Gasteiger partial charge in [0.15, 0.2) is 28.8 Å². The molecule has 36 heavy (non-hydrogen) atoms. The summed E-state index contributed by atoms with van der Waals surface area (Å²) in [4.78, 5) is 13.8. The number of fused-ring (bicyclic) bond motifs is 1. The van der Waals surface area contributed by atoms with E-state index in [1.807, 2.05) is 55.5 Å². The third-order valence-electron chi connectivity index (χ3n) is 6.80. The molecule has 5 rings (SSSR count). The van der Waals surface area contributed by atoms with E-state index in [-0.39, 0.29) is 17.5 Å². The number of phenolic OH excluding ortho intramolecular Hbond substituents is 1. The second-order valence-electron chi connectivity index (χ2n) is 8.94. The summed E-state index contributed by atoms with van der Waals surface area (Å²) in [6.07, 6.45) is 1.03. The number of aromatic hydroxyl groups is 1. The maximum absolute atomic E-state index is 13.8. The van der Waals surface area contributed by atoms with Crippen molar-refractivity contribution in [2.24, 2.45) is 0 Å². The Morgan fingerprint density at radius 1 is 0.889 bits per heavy atom. The van der Waals surface area contributed by atoms with Crippen LogP contribution in [0.5, 0.6) is 23.0 Å². The standard InChI is InChI=1S/C29H30N2O5/c1-4-36-26-12-9-17(16-27(26)35-3)19-13-22-28(24(33)15-19)29(18-10-11-25(34-2)23(32)14-18)31-21-8-6-5-7-20(21)30-22/h5-12,14,16,19,29-32H,4,13,15H2,1-3H3/t19-,29+/m1/s1. The van der Waals surface area contributed by atoms with Crippen molar-refractivity contribution in [3.63, 3.8) is 0 Å². The molecule has 0 bridgehead atoms. The number of allylic oxidation sites excluding steroid dienone is 1. The van der Waals surface area contributed by atoms with Gasteiger partial charge in [0.25, 0.3) is 0 Å². The Hall–Kier alpha value is -4.13. The lowest BCUT2D eigenvalue weighted by molar-refractivity contribution is -0.116. The average molecular weight is 487 g/mol. The largest absolute Gasteiger partial charge is 0.504 e. The maximum Gasteiger partial charge on any atom is 0.163 e. The average Bonchev–Trinajstić information content (AvgIpc) is 3.06. The lowest BCUT2D eigenvalue weighted by Crippen LogP contribution is -2.26. The normalized spacial score (nSPS) is 18.8. The number of anilines is 2. The molecular weight excluding hydrogens is 456 g/mol. The lowest BCUT2D eigenvalue weighted by Gasteiger charge is -2.30. The van der Waals surface area contributed by atoms with Gasteiger partial charge in [-0.25, -0.2) is 0 Å². The van der Waals surface area contributed by atoms with Crippen LogP contribution >= 0.6 is 0 Å². The zero-order valence-electron chi connectivity index (χ0n) is 20.6. The molecule has 3 aromatic rings. The molecule has 0 saturated carbocycles. The van der Waals surface area contributed by atoms with E-state index in [1.54, 1.807) is 19.2 Å². The minimum atomic E-state index is -0.420. The van der Waals surface area contributed by atoms with Crippen molar-refractivity contribution in [1.29, 1.82) is 0 Å². The van der Waals surface area contributed by atoms with Gasteiger partial charge in [0, 0.05) is 17.7 Å². The maximum atomic E-state index is 13.8. The van der Waals surface area contributed by atoms with Gasteiger partial charge in [0.05, 0.1) is 38.2 Å². The molecule has 1 heterocycles. The SMILES string of the molecule is CCOc1ccc([C@H]2CC(=O)C3=C(C2)Nc2ccccc2N[C@H]3c2ccc(OC)c(O)c2)cc1OC. The van der Waals surface area contributed by atoms with Crippen LogP contribution in [0.1, 0.15) is 42.9 Å². The minimum Gasteiger partial charge on any atom is -0.504 e. The van der Waals surface area contributed by atoms with Crippen LogP contribution in [-0.2, 0) is 4.79 Å². The summed E-state index contributed by atoms with van der Waals surface area (Å²) in [6.45, 7) is 2.48. The number of benzene rings is 3. The number of para-hydroxylation sites is 2. The van der Waals surface area contributed by atoms with E-state index < -0.39 is 6.04 Å². The number of phenols is 1. The smallest absolute Gasteiger partial charge is 0.163 e. The number of rotatable bonds is 6. The van der Waals surface area contributed by atoms with Crippen LogP contribution in [0, 0.1) is 0 Å². The topological polar surface area (TPSA) is 89.1 Å². The Bertz CT molecular complexity index is 1330. The van der Waals surface area contributed by atoms with Gasteiger partial charge in [-0.1, -0.05) is 24.3 Å². The number of hydrogen-bond acceptors (Lipinski definition) is 7. The Morgan fingerprint density at radius 3 is 2.33 bits per heavy atom. The molecule has 2 atom stereocenters. The summed E-state index contributed by atoms with van der Waals surface area (Å²) in [5.41, 5.74) is 5.17. The Labute approximate surface area is 210 Å². The molecule has 3 aromatic carbocycles. The van der Waals surface area contributed by atoms with Crippen LogP contribution in [0.4, 0.5) is 11.4 Å². The van der Waals surface area contributed by atoms with Crippen LogP contribution in [-0.4, -0.2) is 31.7 Å². The van der Waals surface area contributed by atoms with E-state index in [0.29, 0.717) is 42.3 Å². The number of nitrogens with one attached hydrogen (secondary N) is 2. The highest BCUT2D eigenvalue weighted by atomic mass is 16.5. The fraction of sp³-hybridized carbons (Fsp3) is 0.276. The summed E-state index contributed by atoms with van der Waals surface area (Å²) >= 11 is 0. The van der Waals surface area contributed by atoms with Gasteiger partial charge in [-0.3, -0.25) is 4.79 Å². The predicted octanol–water partition coefficient (Wildman–Crippen LogP) is 5.79. The molecule has 1 aliphatic heterocycles. The van der Waals surface area contributed by atoms with E-state index in [9.17, 15) is 9.90 Å². The lowest BCUT2D eigenvalue weighted by atomic mass is 9.78. The van der Waals surface area contributed by atoms with Crippen LogP contribution < -0.4 is 24.8 Å². The fourth-order valence-electron chi connectivity index (χ4n) is 5.08. The number of Topliss-reactive ketones (excluding diaryl/α,β-unsaturated/α-hetero) is 1. The van der Waals surface area contributed by atoms with Gasteiger partial charge in [-0.2, -0.15) is 0 Å². The molecule has 0 fully saturated rings. The van der Waals surface area contributed by atoms with Crippen molar-refractivity contribution in [3.8, 4) is 23.0 Å². The van der Waals surface area contributed by atoms with Gasteiger partial charge in [0.1, 0.15) is 0 Å². The summed E-state index contributed by atoms with van der Waals surface area (Å²) in [6, 6.07) is 18.6. The van der Waals surface area contributed by atoms with Crippen LogP contribution in [0.25, 0.3) is 0 Å². The first-order valence-electron chi connectivity index (χ1n) is 12.1. The molecule has 0 spiro atoms. The minimum absolute atomic E-state index is 0.0106. The molecule has 0 aromatic heterocycles. The summed E-state index contributed by atoms with van der Waals surface area (Å²) in [7, 11) is 3.14. The number of methoxy groups -OCH3 is 2. The molecule has 0 radical (unpaired) electrons. The highest BCUT2D eigenvalue weighted by Crippen LogP contribution is 2.46. The molecule has 0 unspecified atom stereocenters. The van der Waals surface area contributed by atoms with Crippen molar-refractivity contribution < 1.29 is 24.1 Å². The van der Waals surface area contributed by atoms with Crippen molar-refractivity contribution in [1.82, 2.24) is 0 Å². The van der Waals surface area contributed by atoms with Crippen molar-refractivity contribution in [3.05, 3.63) is 83.1 Å². The zero-order valence-corrected chi connectivity index (χ0v) is 20.6. The van der Waals surface area contributed by atoms with E-state index >= 15 is 0 Å². The molecule has 7 nitrogen and oxygen atoms in total. The number of ketones is 1. The highest BCUT2D eigenvalue weighted by molar-refractivity contribution is 6.01. The summed E-state index contributed by atoms with van der Waals surface area (Å²) in [5, 5.41) is 17.5. The number of carbonyl (C=O) groups excluding carboxylic acids is 1. The zero-order chi connectivity index (χ0) is 25.2. The third-order valence-corrected chi connectivity index (χ3v) is 6.80. The number of ether oxygens (including phenoxy) is 3. The van der Waals surface area contributed by atoms with E-state index in [2.05, 4.69) is 10.6 Å². The van der Waals surface area contributed by atoms with E-state index in [4.69, 9.17) is 14.2 Å². The second-order valence-corrected chi connectivity index (χ2v) is 8.94. The summed E-state index contributed by atoms with van der Waals surface area (Å²) < 4.78 is 16.4. The predicted molar refractivity (Wildman–Crippen MR) is 139 cm³/mol. The monoisotopic (exact) mass is 486 g/mol. The molecule has 3 N–H and O–H groups in total. The van der Waals surface area contributed by atoms with Crippen LogP contribution in [0.3, 0.4) is 0 Å². The Balaban J connectivity index is 1.56. The molecule has 1 aliphatic carbocycles. The first-order chi connectivity index (χ1) is 17.5. The van der Waals surface area contributed by atoms with Gasteiger partial charge >= 0.3 is 0 Å². The van der Waals surface area contributed by atoms with Crippen LogP contribution in [0.15, 0.2) is 71.9 Å². The van der Waals surface area contributed by atoms with Crippen molar-refractivity contribution >= 4 is 17.2 Å². The van der Waals surface area contributed by atoms with Gasteiger partial charge in [-0.05, 0) is 66.8 Å². The highest BCUT2D eigenvalue weighted by Gasteiger charge is 2.36. The first kappa shape index (κ1) is 23.6. The quantitative estimate of drug-likeness (QED) is 0.406. The number of carbonyl (C=O) groups is 1. The molecule has 2 aliphatic rings. The molecule has 186 valence electrons. The van der Waals surface area contributed by atoms with E-state index in [0.717, 1.165) is 28.2 Å². The molecule has 7 heteroatoms. The third kappa shape index (κ3) is 4.33. The van der Waals surface area contributed by atoms with Gasteiger partial charge < -0.3 is 30.0 Å². The van der Waals surface area contributed by atoms with E-state index in [1.165, 1.54) is 7.11 Å². The second kappa shape index (κ2) is 9.85. The van der Waals surface area contributed by atoms with Gasteiger partial charge in [0.2, 0.25) is 0 Å². The molecule has 0 amide bonds. The van der Waals surface area contributed by atoms with Gasteiger partial charge in [-0.15, -0.1) is 0 Å².